The largest absolute Gasteiger partial charge is 0.478 e. The molecule has 0 saturated heterocycles. The summed E-state index contributed by atoms with van der Waals surface area (Å²) in [6.07, 6.45) is 1.39. The van der Waals surface area contributed by atoms with E-state index in [2.05, 4.69) is 17.6 Å². The number of hydrogen-bond donors (Lipinski definition) is 2. The predicted octanol–water partition coefficient (Wildman–Crippen LogP) is 2.73. The van der Waals surface area contributed by atoms with Crippen LogP contribution in [-0.2, 0) is 9.59 Å². The van der Waals surface area contributed by atoms with Crippen molar-refractivity contribution in [3.05, 3.63) is 23.8 Å². The van der Waals surface area contributed by atoms with E-state index in [9.17, 15) is 9.59 Å². The Morgan fingerprint density at radius 1 is 1.39 bits per heavy atom. The molecule has 0 bridgehead atoms. The molecule has 0 radical (unpaired) electrons. The van der Waals surface area contributed by atoms with Gasteiger partial charge in [0.15, 0.2) is 6.10 Å². The van der Waals surface area contributed by atoms with Gasteiger partial charge in [0.1, 0.15) is 5.75 Å². The molecule has 0 aliphatic carbocycles. The Bertz CT molecular complexity index is 563. The highest BCUT2D eigenvalue weighted by Gasteiger charge is 2.29. The van der Waals surface area contributed by atoms with Gasteiger partial charge in [0.2, 0.25) is 5.91 Å². The first-order valence-corrected chi connectivity index (χ1v) is 9.18. The Labute approximate surface area is 141 Å². The van der Waals surface area contributed by atoms with Crippen molar-refractivity contribution in [1.29, 1.82) is 0 Å². The molecule has 0 spiro atoms. The van der Waals surface area contributed by atoms with Crippen LogP contribution in [0.2, 0.25) is 0 Å². The van der Waals surface area contributed by atoms with Crippen molar-refractivity contribution in [3.8, 4) is 5.75 Å². The van der Waals surface area contributed by atoms with Gasteiger partial charge in [-0.2, -0.15) is 11.8 Å². The van der Waals surface area contributed by atoms with Gasteiger partial charge in [-0.05, 0) is 49.0 Å². The molecule has 126 valence electrons. The number of benzene rings is 1. The second kappa shape index (κ2) is 8.82. The third-order valence-corrected chi connectivity index (χ3v) is 4.74. The van der Waals surface area contributed by atoms with E-state index in [0.717, 1.165) is 23.5 Å². The van der Waals surface area contributed by atoms with Crippen LogP contribution in [0.1, 0.15) is 31.7 Å². The van der Waals surface area contributed by atoms with Gasteiger partial charge in [0, 0.05) is 6.54 Å². The average molecular weight is 336 g/mol. The van der Waals surface area contributed by atoms with Crippen LogP contribution >= 0.6 is 11.8 Å². The van der Waals surface area contributed by atoms with Gasteiger partial charge in [0.05, 0.1) is 12.1 Å². The first-order valence-electron chi connectivity index (χ1n) is 8.02. The fourth-order valence-corrected chi connectivity index (χ4v) is 3.13. The van der Waals surface area contributed by atoms with E-state index < -0.39 is 6.10 Å². The van der Waals surface area contributed by atoms with E-state index in [1.165, 1.54) is 6.42 Å². The highest BCUT2D eigenvalue weighted by Crippen LogP contribution is 2.30. The highest BCUT2D eigenvalue weighted by atomic mass is 32.2. The smallest absolute Gasteiger partial charge is 0.266 e. The van der Waals surface area contributed by atoms with Crippen molar-refractivity contribution in [2.24, 2.45) is 0 Å². The Balaban J connectivity index is 1.76. The lowest BCUT2D eigenvalue weighted by Gasteiger charge is -2.25. The lowest BCUT2D eigenvalue weighted by molar-refractivity contribution is -0.130. The lowest BCUT2D eigenvalue weighted by atomic mass is 10.1. The van der Waals surface area contributed by atoms with Crippen molar-refractivity contribution >= 4 is 29.3 Å². The van der Waals surface area contributed by atoms with Crippen molar-refractivity contribution in [3.63, 3.8) is 0 Å². The Kier molecular flexibility index (Phi) is 6.77. The van der Waals surface area contributed by atoms with Gasteiger partial charge < -0.3 is 15.4 Å². The van der Waals surface area contributed by atoms with Crippen LogP contribution in [0.15, 0.2) is 18.2 Å². The number of anilines is 1. The summed E-state index contributed by atoms with van der Waals surface area (Å²) >= 11 is 1.89. The van der Waals surface area contributed by atoms with Gasteiger partial charge >= 0.3 is 0 Å². The zero-order valence-electron chi connectivity index (χ0n) is 13.7. The number of aryl methyl sites for hydroxylation is 1. The number of ether oxygens (including phenoxy) is 1. The van der Waals surface area contributed by atoms with Crippen molar-refractivity contribution in [2.75, 3.05) is 23.4 Å². The third-order valence-electron chi connectivity index (χ3n) is 3.46. The minimum Gasteiger partial charge on any atom is -0.478 e. The molecule has 1 heterocycles. The molecule has 5 nitrogen and oxygen atoms in total. The van der Waals surface area contributed by atoms with Gasteiger partial charge in [-0.25, -0.2) is 0 Å². The summed E-state index contributed by atoms with van der Waals surface area (Å²) in [5.74, 6) is 2.39. The molecule has 2 rings (SSSR count). The van der Waals surface area contributed by atoms with Crippen LogP contribution in [0.3, 0.4) is 0 Å². The average Bonchev–Trinajstić information content (AvgIpc) is 2.51. The topological polar surface area (TPSA) is 67.4 Å². The van der Waals surface area contributed by atoms with Gasteiger partial charge in [-0.15, -0.1) is 0 Å². The molecule has 1 aliphatic rings. The Hall–Kier alpha value is -1.69. The molecule has 1 aromatic carbocycles. The summed E-state index contributed by atoms with van der Waals surface area (Å²) in [6.45, 7) is 4.74. The normalized spacial score (nSPS) is 16.3. The van der Waals surface area contributed by atoms with E-state index in [-0.39, 0.29) is 18.2 Å². The first-order chi connectivity index (χ1) is 11.1. The SMILES string of the molecule is CCCSCCCNC(=O)CC1Oc2ccc(C)cc2NC1=O. The second-order valence-electron chi connectivity index (χ2n) is 5.62. The third kappa shape index (κ3) is 5.46. The van der Waals surface area contributed by atoms with E-state index in [1.807, 2.05) is 36.9 Å². The Morgan fingerprint density at radius 2 is 2.22 bits per heavy atom. The molecule has 0 aromatic heterocycles. The predicted molar refractivity (Wildman–Crippen MR) is 94.1 cm³/mol. The van der Waals surface area contributed by atoms with E-state index >= 15 is 0 Å². The van der Waals surface area contributed by atoms with Gasteiger partial charge in [-0.3, -0.25) is 9.59 Å². The molecule has 6 heteroatoms. The molecule has 1 unspecified atom stereocenters. The number of fused-ring (bicyclic) bond motifs is 1. The van der Waals surface area contributed by atoms with Crippen LogP contribution in [0.25, 0.3) is 0 Å². The molecule has 1 aromatic rings. The number of nitrogens with one attached hydrogen (secondary N) is 2. The molecule has 2 amide bonds. The number of carbonyl (C=O) groups is 2. The summed E-state index contributed by atoms with van der Waals surface area (Å²) in [7, 11) is 0. The number of rotatable bonds is 8. The number of carbonyl (C=O) groups excluding carboxylic acids is 2. The number of amides is 2. The van der Waals surface area contributed by atoms with E-state index in [4.69, 9.17) is 4.74 Å². The molecule has 2 N–H and O–H groups in total. The maximum absolute atomic E-state index is 12.0. The van der Waals surface area contributed by atoms with Crippen LogP contribution in [0, 0.1) is 6.92 Å². The van der Waals surface area contributed by atoms with E-state index in [1.54, 1.807) is 0 Å². The van der Waals surface area contributed by atoms with Gasteiger partial charge in [-0.1, -0.05) is 13.0 Å². The van der Waals surface area contributed by atoms with Gasteiger partial charge in [0.25, 0.3) is 5.91 Å². The maximum atomic E-state index is 12.0. The fraction of sp³-hybridized carbons (Fsp3) is 0.529. The number of hydrogen-bond acceptors (Lipinski definition) is 4. The fourth-order valence-electron chi connectivity index (χ4n) is 2.29. The summed E-state index contributed by atoms with van der Waals surface area (Å²) in [6, 6.07) is 5.60. The molecular formula is C17H24N2O3S. The molecule has 0 fully saturated rings. The number of thioether (sulfide) groups is 1. The quantitative estimate of drug-likeness (QED) is 0.716. The standard InChI is InChI=1S/C17H24N2O3S/c1-3-8-23-9-4-7-18-16(20)11-15-17(21)19-13-10-12(2)5-6-14(13)22-15/h5-6,10,15H,3-4,7-9,11H2,1-2H3,(H,18,20)(H,19,21). The molecule has 1 atom stereocenters. The first kappa shape index (κ1) is 17.7. The minimum absolute atomic E-state index is 0.0429. The molecule has 1 aliphatic heterocycles. The van der Waals surface area contributed by atoms with Crippen LogP contribution < -0.4 is 15.4 Å². The molecular weight excluding hydrogens is 312 g/mol. The minimum atomic E-state index is -0.764. The van der Waals surface area contributed by atoms with Crippen LogP contribution in [0.4, 0.5) is 5.69 Å². The van der Waals surface area contributed by atoms with Crippen LogP contribution in [0.5, 0.6) is 5.75 Å². The van der Waals surface area contributed by atoms with E-state index in [0.29, 0.717) is 18.0 Å². The summed E-state index contributed by atoms with van der Waals surface area (Å²) < 4.78 is 5.65. The lowest BCUT2D eigenvalue weighted by Crippen LogP contribution is -2.41. The highest BCUT2D eigenvalue weighted by molar-refractivity contribution is 7.99. The van der Waals surface area contributed by atoms with Crippen molar-refractivity contribution in [2.45, 2.75) is 39.2 Å². The Morgan fingerprint density at radius 3 is 3.00 bits per heavy atom. The summed E-state index contributed by atoms with van der Waals surface area (Å²) in [5.41, 5.74) is 1.71. The molecule has 23 heavy (non-hydrogen) atoms. The molecule has 0 saturated carbocycles. The monoisotopic (exact) mass is 336 g/mol. The van der Waals surface area contributed by atoms with Crippen LogP contribution in [-0.4, -0.2) is 36.0 Å². The van der Waals surface area contributed by atoms with Crippen molar-refractivity contribution < 1.29 is 14.3 Å². The zero-order valence-corrected chi connectivity index (χ0v) is 14.5. The zero-order chi connectivity index (χ0) is 16.7. The summed E-state index contributed by atoms with van der Waals surface area (Å²) in [5, 5.41) is 5.65. The maximum Gasteiger partial charge on any atom is 0.266 e. The second-order valence-corrected chi connectivity index (χ2v) is 6.84. The summed E-state index contributed by atoms with van der Waals surface area (Å²) in [4.78, 5) is 24.0. The van der Waals surface area contributed by atoms with Crippen molar-refractivity contribution in [1.82, 2.24) is 5.32 Å².